The molecule has 0 aliphatic rings. The lowest BCUT2D eigenvalue weighted by atomic mass is 10.1. The van der Waals surface area contributed by atoms with Crippen molar-refractivity contribution in [3.05, 3.63) is 32.5 Å². The summed E-state index contributed by atoms with van der Waals surface area (Å²) in [5.41, 5.74) is 0.649. The monoisotopic (exact) mass is 1420 g/mol. The average molecular weight is 1420 g/mol. The number of hydrogen-bond donors (Lipinski definition) is 3. The predicted molar refractivity (Wildman–Crippen MR) is 243 cm³/mol. The van der Waals surface area contributed by atoms with Gasteiger partial charge in [0.1, 0.15) is 0 Å². The van der Waals surface area contributed by atoms with Crippen LogP contribution in [0, 0.1) is 21.4 Å². The fourth-order valence-electron chi connectivity index (χ4n) is 4.15. The molecule has 24 heteroatoms. The Hall–Kier alpha value is -0.460. The van der Waals surface area contributed by atoms with Crippen molar-refractivity contribution in [3.63, 3.8) is 0 Å². The summed E-state index contributed by atoms with van der Waals surface area (Å²) >= 11 is 11.1. The number of amides is 6. The van der Waals surface area contributed by atoms with E-state index in [0.29, 0.717) is 7.14 Å². The molecule has 0 saturated heterocycles. The highest BCUT2D eigenvalue weighted by molar-refractivity contribution is 14.1. The van der Waals surface area contributed by atoms with E-state index in [1.54, 1.807) is 22.6 Å². The molecule has 0 aliphatic heterocycles. The summed E-state index contributed by atoms with van der Waals surface area (Å²) in [5.74, 6) is -3.98. The van der Waals surface area contributed by atoms with E-state index >= 15 is 0 Å². The number of halogens is 6. The van der Waals surface area contributed by atoms with Gasteiger partial charge in [-0.1, -0.05) is 0 Å². The number of rotatable bonds is 11. The molecule has 0 aromatic heterocycles. The minimum Gasteiger partial charge on any atom is -0.324 e. The zero-order valence-electron chi connectivity index (χ0n) is 27.4. The zero-order valence-corrected chi connectivity index (χ0v) is 42.0. The van der Waals surface area contributed by atoms with Crippen molar-refractivity contribution in [1.82, 2.24) is 9.44 Å². The van der Waals surface area contributed by atoms with Crippen LogP contribution in [-0.2, 0) is 39.2 Å². The number of carbonyl (C=O) groups is 6. The standard InChI is InChI=1S/C27H28I6N6O10S2/c1-10(40)37(3)23-17(29)14(26(44)35-50(6,46)47)16(28)22(20(23)32)34-12(42)8-9-13(43)39(5)25-19(31)15(27(45)36-51(7,48)49)18(30)24(21(25)33)38(4)11(2)41/h8-9H2,1-7H3,(H,34,42)(H,35,44)(H,36,45). The summed E-state index contributed by atoms with van der Waals surface area (Å²) in [4.78, 5) is 81.6. The lowest BCUT2D eigenvalue weighted by molar-refractivity contribution is -0.122. The van der Waals surface area contributed by atoms with Gasteiger partial charge in [-0.15, -0.1) is 0 Å². The smallest absolute Gasteiger partial charge is 0.267 e. The summed E-state index contributed by atoms with van der Waals surface area (Å²) in [7, 11) is -3.63. The minimum absolute atomic E-state index is 0.0811. The minimum atomic E-state index is -3.98. The molecule has 0 heterocycles. The second-order valence-corrected chi connectivity index (χ2v) is 20.6. The number of nitrogens with one attached hydrogen (secondary N) is 3. The van der Waals surface area contributed by atoms with Crippen LogP contribution in [0.3, 0.4) is 0 Å². The summed E-state index contributed by atoms with van der Waals surface area (Å²) in [5, 5.41) is 2.69. The predicted octanol–water partition coefficient (Wildman–Crippen LogP) is 4.04. The summed E-state index contributed by atoms with van der Waals surface area (Å²) in [6.07, 6.45) is 0.890. The van der Waals surface area contributed by atoms with Crippen LogP contribution < -0.4 is 29.5 Å². The number of carbonyl (C=O) groups excluding carboxylic acids is 6. The highest BCUT2D eigenvalue weighted by Crippen LogP contribution is 2.43. The van der Waals surface area contributed by atoms with Gasteiger partial charge in [0.2, 0.25) is 43.7 Å². The Balaban J connectivity index is 2.58. The van der Waals surface area contributed by atoms with Gasteiger partial charge in [-0.3, -0.25) is 28.8 Å². The maximum atomic E-state index is 13.6. The van der Waals surface area contributed by atoms with E-state index in [1.807, 2.05) is 122 Å². The molecule has 0 atom stereocenters. The van der Waals surface area contributed by atoms with E-state index in [9.17, 15) is 45.6 Å². The van der Waals surface area contributed by atoms with Crippen LogP contribution >= 0.6 is 136 Å². The first-order valence-corrected chi connectivity index (χ1v) is 23.9. The molecule has 0 radical (unpaired) electrons. The van der Waals surface area contributed by atoms with Crippen molar-refractivity contribution in [2.24, 2.45) is 0 Å². The van der Waals surface area contributed by atoms with Gasteiger partial charge in [0.25, 0.3) is 11.8 Å². The number of hydrogen-bond acceptors (Lipinski definition) is 10. The molecule has 2 aromatic carbocycles. The van der Waals surface area contributed by atoms with Crippen LogP contribution in [0.2, 0.25) is 0 Å². The highest BCUT2D eigenvalue weighted by atomic mass is 127. The zero-order chi connectivity index (χ0) is 39.7. The Kier molecular flexibility index (Phi) is 16.9. The summed E-state index contributed by atoms with van der Waals surface area (Å²) in [6, 6.07) is 0. The van der Waals surface area contributed by atoms with Crippen LogP contribution in [0.5, 0.6) is 0 Å². The molecule has 0 aliphatic carbocycles. The first kappa shape index (κ1) is 46.7. The van der Waals surface area contributed by atoms with E-state index in [0.717, 1.165) is 12.5 Å². The molecule has 2 aromatic rings. The number of benzene rings is 2. The van der Waals surface area contributed by atoms with Crippen LogP contribution in [0.1, 0.15) is 47.4 Å². The Morgan fingerprint density at radius 3 is 1.27 bits per heavy atom. The van der Waals surface area contributed by atoms with Crippen molar-refractivity contribution in [1.29, 1.82) is 0 Å². The van der Waals surface area contributed by atoms with Crippen molar-refractivity contribution in [2.75, 3.05) is 53.7 Å². The van der Waals surface area contributed by atoms with Crippen LogP contribution in [0.4, 0.5) is 22.7 Å². The molecule has 3 N–H and O–H groups in total. The van der Waals surface area contributed by atoms with E-state index in [-0.39, 0.29) is 61.0 Å². The molecular weight excluding hydrogens is 1390 g/mol. The van der Waals surface area contributed by atoms with E-state index < -0.39 is 55.5 Å². The van der Waals surface area contributed by atoms with Crippen molar-refractivity contribution >= 4 is 214 Å². The second kappa shape index (κ2) is 18.4. The van der Waals surface area contributed by atoms with Crippen molar-refractivity contribution in [2.45, 2.75) is 26.7 Å². The molecule has 0 saturated carbocycles. The van der Waals surface area contributed by atoms with Crippen LogP contribution in [0.15, 0.2) is 0 Å². The molecular formula is C27H28I6N6O10S2. The van der Waals surface area contributed by atoms with Gasteiger partial charge >= 0.3 is 0 Å². The van der Waals surface area contributed by atoms with Gasteiger partial charge in [-0.05, 0) is 136 Å². The highest BCUT2D eigenvalue weighted by Gasteiger charge is 2.32. The second-order valence-electron chi connectivity index (χ2n) is 10.6. The summed E-state index contributed by atoms with van der Waals surface area (Å²) in [6.45, 7) is 2.59. The Bertz CT molecular complexity index is 2100. The molecule has 51 heavy (non-hydrogen) atoms. The van der Waals surface area contributed by atoms with Gasteiger partial charge in [-0.2, -0.15) is 0 Å². The largest absolute Gasteiger partial charge is 0.324 e. The van der Waals surface area contributed by atoms with E-state index in [1.165, 1.54) is 49.7 Å². The Morgan fingerprint density at radius 2 is 0.902 bits per heavy atom. The lowest BCUT2D eigenvalue weighted by Crippen LogP contribution is -2.35. The third-order valence-electron chi connectivity index (χ3n) is 6.73. The molecule has 16 nitrogen and oxygen atoms in total. The quantitative estimate of drug-likeness (QED) is 0.275. The molecule has 2 rings (SSSR count). The maximum absolute atomic E-state index is 13.6. The number of sulfonamides is 2. The third-order valence-corrected chi connectivity index (χ3v) is 14.1. The molecule has 280 valence electrons. The number of nitrogens with zero attached hydrogens (tertiary/aromatic N) is 3. The molecule has 6 amide bonds. The van der Waals surface area contributed by atoms with Crippen LogP contribution in [-0.4, -0.2) is 85.9 Å². The topological polar surface area (TPSA) is 217 Å². The Labute approximate surface area is 376 Å². The summed E-state index contributed by atoms with van der Waals surface area (Å²) < 4.78 is 53.1. The van der Waals surface area contributed by atoms with Gasteiger partial charge in [0.05, 0.1) is 67.8 Å². The van der Waals surface area contributed by atoms with Gasteiger partial charge in [0.15, 0.2) is 0 Å². The van der Waals surface area contributed by atoms with Gasteiger partial charge in [-0.25, -0.2) is 26.3 Å². The third kappa shape index (κ3) is 11.5. The molecule has 0 bridgehead atoms. The molecule has 0 spiro atoms. The first-order chi connectivity index (χ1) is 23.1. The normalized spacial score (nSPS) is 11.4. The van der Waals surface area contributed by atoms with Gasteiger partial charge < -0.3 is 20.0 Å². The SMILES string of the molecule is CC(=O)N(C)c1c(I)c(NC(=O)CCC(=O)N(C)c2c(I)c(C(=O)NS(C)(=O)=O)c(I)c(N(C)C(C)=O)c2I)c(I)c(C(=O)NS(C)(=O)=O)c1I. The van der Waals surface area contributed by atoms with E-state index in [2.05, 4.69) is 5.32 Å². The lowest BCUT2D eigenvalue weighted by Gasteiger charge is -2.28. The van der Waals surface area contributed by atoms with E-state index in [4.69, 9.17) is 0 Å². The van der Waals surface area contributed by atoms with Crippen molar-refractivity contribution in [3.8, 4) is 0 Å². The fourth-order valence-corrected chi connectivity index (χ4v) is 14.8. The van der Waals surface area contributed by atoms with Crippen LogP contribution in [0.25, 0.3) is 0 Å². The average Bonchev–Trinajstić information content (AvgIpc) is 2.95. The maximum Gasteiger partial charge on any atom is 0.267 e. The van der Waals surface area contributed by atoms with Gasteiger partial charge in [0, 0.05) is 47.8 Å². The first-order valence-electron chi connectivity index (χ1n) is 13.6. The van der Waals surface area contributed by atoms with Crippen molar-refractivity contribution < 1.29 is 45.6 Å². The Morgan fingerprint density at radius 1 is 0.549 bits per heavy atom. The molecule has 0 unspecified atom stereocenters. The molecule has 0 fully saturated rings. The fraction of sp³-hybridized carbons (Fsp3) is 0.333. The number of anilines is 4.